The lowest BCUT2D eigenvalue weighted by molar-refractivity contribution is -0.385. The summed E-state index contributed by atoms with van der Waals surface area (Å²) in [5, 5.41) is 10.7. The van der Waals surface area contributed by atoms with E-state index in [-0.39, 0.29) is 17.0 Å². The summed E-state index contributed by atoms with van der Waals surface area (Å²) in [6, 6.07) is 3.46. The zero-order chi connectivity index (χ0) is 17.3. The number of ether oxygens (including phenoxy) is 1. The molecule has 0 aromatic heterocycles. The molecule has 0 amide bonds. The predicted octanol–water partition coefficient (Wildman–Crippen LogP) is 4.18. The van der Waals surface area contributed by atoms with Gasteiger partial charge in [0.2, 0.25) is 5.82 Å². The second kappa shape index (κ2) is 6.19. The molecule has 0 atom stereocenters. The second-order valence-electron chi connectivity index (χ2n) is 4.54. The first kappa shape index (κ1) is 16.7. The normalized spacial score (nSPS) is 10.7. The maximum absolute atomic E-state index is 13.5. The number of aryl methyl sites for hydroxylation is 1. The monoisotopic (exact) mass is 333 g/mol. The van der Waals surface area contributed by atoms with E-state index in [9.17, 15) is 32.1 Å². The van der Waals surface area contributed by atoms with Gasteiger partial charge in [-0.2, -0.15) is 0 Å². The van der Waals surface area contributed by atoms with Crippen LogP contribution >= 0.6 is 0 Å². The summed E-state index contributed by atoms with van der Waals surface area (Å²) in [6.07, 6.45) is 0. The van der Waals surface area contributed by atoms with Gasteiger partial charge in [-0.1, -0.05) is 0 Å². The summed E-state index contributed by atoms with van der Waals surface area (Å²) >= 11 is 0. The van der Waals surface area contributed by atoms with Crippen molar-refractivity contribution < 1.29 is 31.6 Å². The van der Waals surface area contributed by atoms with Gasteiger partial charge in [-0.25, -0.2) is 22.0 Å². The summed E-state index contributed by atoms with van der Waals surface area (Å²) in [6.45, 7) is 0.479. The number of nitrogens with zero attached hydrogens (tertiary/aromatic N) is 1. The number of nitro groups is 1. The van der Waals surface area contributed by atoms with Crippen molar-refractivity contribution >= 4 is 5.69 Å². The van der Waals surface area contributed by atoms with Crippen LogP contribution in [0, 0.1) is 46.1 Å². The zero-order valence-corrected chi connectivity index (χ0v) is 11.5. The summed E-state index contributed by atoms with van der Waals surface area (Å²) in [5.41, 5.74) is -1.11. The Morgan fingerprint density at radius 2 is 1.52 bits per heavy atom. The molecule has 0 aliphatic carbocycles. The van der Waals surface area contributed by atoms with E-state index in [1.807, 2.05) is 0 Å². The highest BCUT2D eigenvalue weighted by Crippen LogP contribution is 2.26. The van der Waals surface area contributed by atoms with Crippen molar-refractivity contribution in [2.24, 2.45) is 0 Å². The van der Waals surface area contributed by atoms with Gasteiger partial charge in [0.1, 0.15) is 12.4 Å². The van der Waals surface area contributed by atoms with E-state index >= 15 is 0 Å². The maximum Gasteiger partial charge on any atom is 0.272 e. The van der Waals surface area contributed by atoms with Gasteiger partial charge in [0, 0.05) is 11.6 Å². The van der Waals surface area contributed by atoms with E-state index in [2.05, 4.69) is 0 Å². The van der Waals surface area contributed by atoms with E-state index < -0.39 is 46.2 Å². The van der Waals surface area contributed by atoms with E-state index in [1.165, 1.54) is 13.0 Å². The number of hydrogen-bond acceptors (Lipinski definition) is 3. The molecule has 0 saturated heterocycles. The van der Waals surface area contributed by atoms with Crippen LogP contribution in [0.25, 0.3) is 0 Å². The van der Waals surface area contributed by atoms with Gasteiger partial charge in [-0.3, -0.25) is 10.1 Å². The van der Waals surface area contributed by atoms with E-state index in [0.29, 0.717) is 0 Å². The van der Waals surface area contributed by atoms with Gasteiger partial charge in [0.25, 0.3) is 5.69 Å². The largest absolute Gasteiger partial charge is 0.489 e. The molecule has 0 bridgehead atoms. The molecule has 0 saturated carbocycles. The van der Waals surface area contributed by atoms with Crippen molar-refractivity contribution in [1.82, 2.24) is 0 Å². The molecule has 0 unspecified atom stereocenters. The van der Waals surface area contributed by atoms with Gasteiger partial charge in [0.05, 0.1) is 10.5 Å². The van der Waals surface area contributed by atoms with Crippen LogP contribution in [0.4, 0.5) is 27.6 Å². The minimum Gasteiger partial charge on any atom is -0.489 e. The molecule has 2 aromatic carbocycles. The first-order valence-electron chi connectivity index (χ1n) is 6.12. The Kier molecular flexibility index (Phi) is 4.48. The Bertz CT molecular complexity index is 765. The smallest absolute Gasteiger partial charge is 0.272 e. The fourth-order valence-electron chi connectivity index (χ4n) is 1.86. The molecular formula is C14H8F5NO3. The Labute approximate surface area is 126 Å². The third-order valence-corrected chi connectivity index (χ3v) is 3.05. The minimum absolute atomic E-state index is 0.0166. The lowest BCUT2D eigenvalue weighted by Gasteiger charge is -2.10. The molecule has 2 aromatic rings. The molecule has 0 fully saturated rings. The van der Waals surface area contributed by atoms with Crippen molar-refractivity contribution in [3.8, 4) is 5.75 Å². The van der Waals surface area contributed by atoms with Crippen LogP contribution in [0.1, 0.15) is 11.1 Å². The highest BCUT2D eigenvalue weighted by Gasteiger charge is 2.26. The molecule has 0 aliphatic rings. The highest BCUT2D eigenvalue weighted by molar-refractivity contribution is 5.44. The lowest BCUT2D eigenvalue weighted by Crippen LogP contribution is -2.10. The molecule has 0 N–H and O–H groups in total. The van der Waals surface area contributed by atoms with Crippen molar-refractivity contribution in [1.29, 1.82) is 0 Å². The lowest BCUT2D eigenvalue weighted by atomic mass is 10.1. The van der Waals surface area contributed by atoms with Crippen LogP contribution < -0.4 is 4.74 Å². The SMILES string of the molecule is Cc1cc(OCc2c(F)c(F)c(F)c(F)c2F)ccc1[N+](=O)[O-]. The number of rotatable bonds is 4. The molecular weight excluding hydrogens is 325 g/mol. The van der Waals surface area contributed by atoms with E-state index in [4.69, 9.17) is 4.74 Å². The van der Waals surface area contributed by atoms with Crippen LogP contribution in [0.2, 0.25) is 0 Å². The van der Waals surface area contributed by atoms with Gasteiger partial charge < -0.3 is 4.74 Å². The molecule has 23 heavy (non-hydrogen) atoms. The van der Waals surface area contributed by atoms with Crippen molar-refractivity contribution in [3.05, 3.63) is 68.5 Å². The Morgan fingerprint density at radius 1 is 1.00 bits per heavy atom. The topological polar surface area (TPSA) is 52.4 Å². The van der Waals surface area contributed by atoms with Crippen LogP contribution in [0.3, 0.4) is 0 Å². The fraction of sp³-hybridized carbons (Fsp3) is 0.143. The van der Waals surface area contributed by atoms with Gasteiger partial charge in [-0.15, -0.1) is 0 Å². The molecule has 9 heteroatoms. The first-order valence-corrected chi connectivity index (χ1v) is 6.12. The number of benzene rings is 2. The van der Waals surface area contributed by atoms with Crippen molar-refractivity contribution in [2.75, 3.05) is 0 Å². The highest BCUT2D eigenvalue weighted by atomic mass is 19.2. The van der Waals surface area contributed by atoms with Crippen LogP contribution in [0.5, 0.6) is 5.75 Å². The minimum atomic E-state index is -2.25. The molecule has 0 heterocycles. The molecule has 2 rings (SSSR count). The van der Waals surface area contributed by atoms with Gasteiger partial charge in [-0.05, 0) is 19.1 Å². The van der Waals surface area contributed by atoms with Crippen molar-refractivity contribution in [3.63, 3.8) is 0 Å². The molecule has 0 radical (unpaired) electrons. The molecule has 0 spiro atoms. The van der Waals surface area contributed by atoms with Crippen LogP contribution in [-0.4, -0.2) is 4.92 Å². The Morgan fingerprint density at radius 3 is 2.00 bits per heavy atom. The predicted molar refractivity (Wildman–Crippen MR) is 68.4 cm³/mol. The van der Waals surface area contributed by atoms with Crippen molar-refractivity contribution in [2.45, 2.75) is 13.5 Å². The quantitative estimate of drug-likeness (QED) is 0.277. The number of nitro benzene ring substituents is 1. The Balaban J connectivity index is 2.29. The molecule has 4 nitrogen and oxygen atoms in total. The summed E-state index contributed by atoms with van der Waals surface area (Å²) < 4.78 is 70.9. The fourth-order valence-corrected chi connectivity index (χ4v) is 1.86. The van der Waals surface area contributed by atoms with E-state index in [1.54, 1.807) is 0 Å². The third kappa shape index (κ3) is 3.08. The number of halogens is 5. The van der Waals surface area contributed by atoms with Gasteiger partial charge in [0.15, 0.2) is 23.3 Å². The average molecular weight is 333 g/mol. The maximum atomic E-state index is 13.5. The van der Waals surface area contributed by atoms with Gasteiger partial charge >= 0.3 is 0 Å². The standard InChI is InChI=1S/C14H8F5NO3/c1-6-4-7(2-3-9(6)20(21)22)23-5-8-10(15)12(17)14(19)13(18)11(8)16/h2-4H,5H2,1H3. The van der Waals surface area contributed by atoms with Crippen LogP contribution in [-0.2, 0) is 6.61 Å². The summed E-state index contributed by atoms with van der Waals surface area (Å²) in [4.78, 5) is 10.0. The molecule has 0 aliphatic heterocycles. The molecule has 122 valence electrons. The average Bonchev–Trinajstić information content (AvgIpc) is 2.50. The summed E-state index contributed by atoms with van der Waals surface area (Å²) in [5.74, 6) is -10.4. The summed E-state index contributed by atoms with van der Waals surface area (Å²) in [7, 11) is 0. The van der Waals surface area contributed by atoms with Crippen LogP contribution in [0.15, 0.2) is 18.2 Å². The third-order valence-electron chi connectivity index (χ3n) is 3.05. The second-order valence-corrected chi connectivity index (χ2v) is 4.54. The zero-order valence-electron chi connectivity index (χ0n) is 11.5. The number of hydrogen-bond donors (Lipinski definition) is 0. The Hall–Kier alpha value is -2.71. The van der Waals surface area contributed by atoms with E-state index in [0.717, 1.165) is 12.1 Å². The first-order chi connectivity index (χ1) is 10.7.